The third-order valence-corrected chi connectivity index (χ3v) is 3.85. The third-order valence-electron chi connectivity index (χ3n) is 1.71. The third kappa shape index (κ3) is 4.53. The van der Waals surface area contributed by atoms with E-state index in [0.717, 1.165) is 19.4 Å². The van der Waals surface area contributed by atoms with Crippen LogP contribution in [0.25, 0.3) is 0 Å². The lowest BCUT2D eigenvalue weighted by atomic mass is 10.2. The monoisotopic (exact) mass is 363 g/mol. The lowest BCUT2D eigenvalue weighted by Crippen LogP contribution is -2.44. The van der Waals surface area contributed by atoms with E-state index in [9.17, 15) is 0 Å². The van der Waals surface area contributed by atoms with Crippen molar-refractivity contribution in [2.45, 2.75) is 29.0 Å². The molecule has 1 fully saturated rings. The lowest BCUT2D eigenvalue weighted by Gasteiger charge is -2.16. The Labute approximate surface area is 98.2 Å². The van der Waals surface area contributed by atoms with Crippen LogP contribution in [0.4, 0.5) is 0 Å². The largest absolute Gasteiger partial charge is 0.230 e. The smallest absolute Gasteiger partial charge is 0.0777 e. The number of hydrogen-bond donors (Lipinski definition) is 2. The van der Waals surface area contributed by atoms with Crippen LogP contribution in [0.15, 0.2) is 0 Å². The normalized spacial score (nSPS) is 35.2. The lowest BCUT2D eigenvalue weighted by molar-refractivity contribution is 0.302. The molecule has 12 heavy (non-hydrogen) atoms. The Morgan fingerprint density at radius 1 is 1.17 bits per heavy atom. The van der Waals surface area contributed by atoms with Crippen LogP contribution in [0.1, 0.15) is 19.3 Å². The Balaban J connectivity index is 2.36. The highest BCUT2D eigenvalue weighted by atomic mass is 79.9. The summed E-state index contributed by atoms with van der Waals surface area (Å²) in [5.74, 6) is 0. The standard InChI is InChI=1S/C6H12Br3N3/c7-5-1-2-6(8)10-11-12(9)4-3-5/h5-6,10-11H,1-4H2. The molecule has 0 spiro atoms. The van der Waals surface area contributed by atoms with Gasteiger partial charge in [-0.2, -0.15) is 9.57 Å². The maximum atomic E-state index is 3.64. The first-order valence-electron chi connectivity index (χ1n) is 3.91. The number of hydrazine groups is 2. The molecule has 1 saturated heterocycles. The Morgan fingerprint density at radius 3 is 2.67 bits per heavy atom. The van der Waals surface area contributed by atoms with Crippen LogP contribution in [0.3, 0.4) is 0 Å². The SMILES string of the molecule is BrC1CCC(Br)NNN(Br)CC1. The van der Waals surface area contributed by atoms with Crippen molar-refractivity contribution in [3.63, 3.8) is 0 Å². The van der Waals surface area contributed by atoms with Gasteiger partial charge in [-0.15, -0.1) is 0 Å². The zero-order valence-electron chi connectivity index (χ0n) is 6.56. The molecule has 0 radical (unpaired) electrons. The van der Waals surface area contributed by atoms with Crippen molar-refractivity contribution in [2.75, 3.05) is 6.54 Å². The van der Waals surface area contributed by atoms with Gasteiger partial charge in [0.25, 0.3) is 0 Å². The van der Waals surface area contributed by atoms with Crippen molar-refractivity contribution < 1.29 is 0 Å². The molecule has 1 rings (SSSR count). The number of halogens is 3. The first-order chi connectivity index (χ1) is 5.68. The Hall–Kier alpha value is 1.32. The Bertz CT molecular complexity index is 99.4. The zero-order valence-corrected chi connectivity index (χ0v) is 11.3. The van der Waals surface area contributed by atoms with Gasteiger partial charge in [-0.25, -0.2) is 5.43 Å². The summed E-state index contributed by atoms with van der Waals surface area (Å²) in [7, 11) is 0. The van der Waals surface area contributed by atoms with Crippen LogP contribution in [-0.2, 0) is 0 Å². The van der Waals surface area contributed by atoms with E-state index in [1.165, 1.54) is 6.42 Å². The molecule has 6 heteroatoms. The van der Waals surface area contributed by atoms with Gasteiger partial charge in [-0.05, 0) is 19.3 Å². The topological polar surface area (TPSA) is 27.3 Å². The minimum absolute atomic E-state index is 0.329. The summed E-state index contributed by atoms with van der Waals surface area (Å²) in [4.78, 5) is 0.940. The van der Waals surface area contributed by atoms with Gasteiger partial charge in [0.1, 0.15) is 0 Å². The summed E-state index contributed by atoms with van der Waals surface area (Å²) in [6, 6.07) is 0. The molecule has 2 atom stereocenters. The van der Waals surface area contributed by atoms with Crippen molar-refractivity contribution >= 4 is 48.0 Å². The van der Waals surface area contributed by atoms with E-state index in [1.54, 1.807) is 0 Å². The Kier molecular flexibility index (Phi) is 5.63. The summed E-state index contributed by atoms with van der Waals surface area (Å²) in [6.45, 7) is 0.975. The fraction of sp³-hybridized carbons (Fsp3) is 1.00. The molecule has 1 heterocycles. The minimum Gasteiger partial charge on any atom is -0.230 e. The summed E-state index contributed by atoms with van der Waals surface area (Å²) < 4.78 is 1.88. The van der Waals surface area contributed by atoms with Crippen LogP contribution < -0.4 is 11.0 Å². The number of alkyl halides is 2. The highest BCUT2D eigenvalue weighted by Crippen LogP contribution is 2.17. The van der Waals surface area contributed by atoms with E-state index in [2.05, 4.69) is 59.0 Å². The molecule has 2 N–H and O–H groups in total. The van der Waals surface area contributed by atoms with Crippen LogP contribution in [-0.4, -0.2) is 20.4 Å². The molecule has 0 bridgehead atoms. The van der Waals surface area contributed by atoms with Gasteiger partial charge < -0.3 is 0 Å². The molecular weight excluding hydrogens is 354 g/mol. The maximum absolute atomic E-state index is 3.64. The quantitative estimate of drug-likeness (QED) is 0.392. The first-order valence-corrected chi connectivity index (χ1v) is 6.45. The van der Waals surface area contributed by atoms with Gasteiger partial charge in [0.05, 0.1) is 4.95 Å². The molecule has 0 saturated carbocycles. The number of rotatable bonds is 0. The molecule has 1 aliphatic rings. The average Bonchev–Trinajstić information content (AvgIpc) is 2.11. The van der Waals surface area contributed by atoms with Gasteiger partial charge in [-0.1, -0.05) is 31.9 Å². The van der Waals surface area contributed by atoms with Crippen molar-refractivity contribution in [3.05, 3.63) is 0 Å². The molecule has 1 aliphatic heterocycles. The zero-order chi connectivity index (χ0) is 8.97. The molecule has 2 unspecified atom stereocenters. The minimum atomic E-state index is 0.329. The summed E-state index contributed by atoms with van der Waals surface area (Å²) >= 11 is 10.5. The second-order valence-corrected chi connectivity index (χ2v) is 6.03. The van der Waals surface area contributed by atoms with Crippen molar-refractivity contribution in [3.8, 4) is 0 Å². The van der Waals surface area contributed by atoms with Crippen molar-refractivity contribution in [1.29, 1.82) is 0 Å². The van der Waals surface area contributed by atoms with E-state index in [-0.39, 0.29) is 0 Å². The van der Waals surface area contributed by atoms with Crippen molar-refractivity contribution in [1.82, 2.24) is 15.0 Å². The van der Waals surface area contributed by atoms with Crippen molar-refractivity contribution in [2.24, 2.45) is 0 Å². The van der Waals surface area contributed by atoms with Crippen LogP contribution in [0.5, 0.6) is 0 Å². The summed E-state index contributed by atoms with van der Waals surface area (Å²) in [5.41, 5.74) is 6.15. The predicted octanol–water partition coefficient (Wildman–Crippen LogP) is 2.28. The number of nitrogens with one attached hydrogen (secondary N) is 2. The molecule has 0 amide bonds. The van der Waals surface area contributed by atoms with Gasteiger partial charge in [0.2, 0.25) is 0 Å². The van der Waals surface area contributed by atoms with Crippen LogP contribution in [0.2, 0.25) is 0 Å². The van der Waals surface area contributed by atoms with E-state index < -0.39 is 0 Å². The molecular formula is C6H12Br3N3. The predicted molar refractivity (Wildman–Crippen MR) is 61.2 cm³/mol. The van der Waals surface area contributed by atoms with E-state index in [1.807, 2.05) is 4.03 Å². The fourth-order valence-corrected chi connectivity index (χ4v) is 2.14. The molecule has 0 aromatic heterocycles. The van der Waals surface area contributed by atoms with Gasteiger partial charge in [0, 0.05) is 27.5 Å². The van der Waals surface area contributed by atoms with Gasteiger partial charge in [0.15, 0.2) is 0 Å². The number of hydrogen-bond acceptors (Lipinski definition) is 3. The molecule has 0 aromatic carbocycles. The second-order valence-electron chi connectivity index (χ2n) is 2.77. The number of nitrogens with zero attached hydrogens (tertiary/aromatic N) is 1. The molecule has 0 aromatic rings. The van der Waals surface area contributed by atoms with E-state index in [4.69, 9.17) is 0 Å². The molecule has 0 aliphatic carbocycles. The summed E-state index contributed by atoms with van der Waals surface area (Å²) in [5, 5.41) is 0. The van der Waals surface area contributed by atoms with Crippen LogP contribution in [0, 0.1) is 0 Å². The first kappa shape index (κ1) is 11.4. The van der Waals surface area contributed by atoms with Gasteiger partial charge >= 0.3 is 0 Å². The van der Waals surface area contributed by atoms with E-state index in [0.29, 0.717) is 9.78 Å². The van der Waals surface area contributed by atoms with Crippen LogP contribution >= 0.6 is 48.0 Å². The molecule has 72 valence electrons. The van der Waals surface area contributed by atoms with Gasteiger partial charge in [-0.3, -0.25) is 0 Å². The average molecular weight is 366 g/mol. The highest BCUT2D eigenvalue weighted by Gasteiger charge is 2.13. The fourth-order valence-electron chi connectivity index (χ4n) is 0.993. The maximum Gasteiger partial charge on any atom is 0.0777 e. The second kappa shape index (κ2) is 5.93. The highest BCUT2D eigenvalue weighted by molar-refractivity contribution is 9.09. The Morgan fingerprint density at radius 2 is 1.92 bits per heavy atom. The molecule has 3 nitrogen and oxygen atoms in total. The van der Waals surface area contributed by atoms with E-state index >= 15 is 0 Å². The summed E-state index contributed by atoms with van der Waals surface area (Å²) in [6.07, 6.45) is 3.44.